The molecule has 1 rings (SSSR count). The number of nitrogen functional groups attached to an aromatic ring is 1. The van der Waals surface area contributed by atoms with Gasteiger partial charge in [0.15, 0.2) is 0 Å². The number of hydrogen-bond acceptors (Lipinski definition) is 2. The molecule has 0 saturated carbocycles. The maximum Gasteiger partial charge on any atom is 0.402 e. The average Bonchev–Trinajstić information content (AvgIpc) is 2.37. The third-order valence-corrected chi connectivity index (χ3v) is 3.50. The normalized spacial score (nSPS) is 17.8. The number of allylic oxidation sites excluding steroid dienone is 3. The van der Waals surface area contributed by atoms with Crippen molar-refractivity contribution in [3.63, 3.8) is 0 Å². The van der Waals surface area contributed by atoms with E-state index in [9.17, 15) is 13.2 Å². The number of halogens is 3. The first-order valence-corrected chi connectivity index (χ1v) is 6.66. The van der Waals surface area contributed by atoms with Crippen molar-refractivity contribution in [1.29, 1.82) is 0 Å². The number of anilines is 1. The third-order valence-electron chi connectivity index (χ3n) is 3.50. The van der Waals surface area contributed by atoms with Gasteiger partial charge in [0.05, 0.1) is 0 Å². The predicted molar refractivity (Wildman–Crippen MR) is 80.8 cm³/mol. The summed E-state index contributed by atoms with van der Waals surface area (Å²) in [6.45, 7) is 4.44. The lowest BCUT2D eigenvalue weighted by Gasteiger charge is -2.34. The van der Waals surface area contributed by atoms with Gasteiger partial charge in [-0.25, -0.2) is 0 Å². The summed E-state index contributed by atoms with van der Waals surface area (Å²) in [4.78, 5) is 0. The van der Waals surface area contributed by atoms with Crippen LogP contribution in [0.3, 0.4) is 0 Å². The minimum Gasteiger partial charge on any atom is -0.399 e. The highest BCUT2D eigenvalue weighted by Crippen LogP contribution is 2.47. The second-order valence-corrected chi connectivity index (χ2v) is 5.21. The topological polar surface area (TPSA) is 52.0 Å². The Morgan fingerprint density at radius 3 is 2.33 bits per heavy atom. The van der Waals surface area contributed by atoms with Crippen LogP contribution in [0.15, 0.2) is 48.1 Å². The molecule has 2 unspecified atom stereocenters. The average molecular weight is 298 g/mol. The molecular weight excluding hydrogens is 277 g/mol. The molecule has 5 heteroatoms. The van der Waals surface area contributed by atoms with Gasteiger partial charge in [0.25, 0.3) is 0 Å². The first-order valence-electron chi connectivity index (χ1n) is 6.66. The van der Waals surface area contributed by atoms with E-state index in [1.807, 2.05) is 0 Å². The van der Waals surface area contributed by atoms with E-state index in [1.54, 1.807) is 26.0 Å². The molecule has 0 amide bonds. The summed E-state index contributed by atoms with van der Waals surface area (Å²) in [5.74, 6) is 0. The zero-order valence-corrected chi connectivity index (χ0v) is 12.4. The molecule has 0 aliphatic carbocycles. The van der Waals surface area contributed by atoms with Crippen molar-refractivity contribution in [1.82, 2.24) is 0 Å². The highest BCUT2D eigenvalue weighted by Gasteiger charge is 2.53. The fourth-order valence-electron chi connectivity index (χ4n) is 2.15. The molecule has 0 heterocycles. The first kappa shape index (κ1) is 17.3. The molecule has 1 aromatic carbocycles. The monoisotopic (exact) mass is 298 g/mol. The minimum absolute atomic E-state index is 0.109. The molecule has 4 N–H and O–H groups in total. The Balaban J connectivity index is 3.47. The zero-order valence-electron chi connectivity index (χ0n) is 12.4. The molecule has 0 aromatic heterocycles. The van der Waals surface area contributed by atoms with Crippen molar-refractivity contribution >= 4 is 5.69 Å². The lowest BCUT2D eigenvalue weighted by Crippen LogP contribution is -2.41. The van der Waals surface area contributed by atoms with Crippen molar-refractivity contribution in [3.8, 4) is 0 Å². The number of hydrogen-bond donors (Lipinski definition) is 2. The molecular formula is C16H21F3N2. The van der Waals surface area contributed by atoms with Crippen LogP contribution in [0.25, 0.3) is 0 Å². The molecule has 0 fully saturated rings. The summed E-state index contributed by atoms with van der Waals surface area (Å²) in [5, 5.41) is 0. The van der Waals surface area contributed by atoms with Crippen molar-refractivity contribution in [2.75, 3.05) is 5.73 Å². The van der Waals surface area contributed by atoms with E-state index >= 15 is 0 Å². The van der Waals surface area contributed by atoms with E-state index in [1.165, 1.54) is 30.4 Å². The lowest BCUT2D eigenvalue weighted by molar-refractivity contribution is -0.173. The predicted octanol–water partition coefficient (Wildman–Crippen LogP) is 3.94. The van der Waals surface area contributed by atoms with Crippen LogP contribution in [0.4, 0.5) is 18.9 Å². The van der Waals surface area contributed by atoms with E-state index in [4.69, 9.17) is 11.5 Å². The van der Waals surface area contributed by atoms with Crippen LogP contribution in [0.5, 0.6) is 0 Å². The van der Waals surface area contributed by atoms with Crippen LogP contribution in [0.1, 0.15) is 26.3 Å². The van der Waals surface area contributed by atoms with E-state index < -0.39 is 11.6 Å². The Kier molecular flexibility index (Phi) is 5.23. The van der Waals surface area contributed by atoms with E-state index in [0.717, 1.165) is 6.92 Å². The van der Waals surface area contributed by atoms with Crippen LogP contribution in [-0.4, -0.2) is 12.2 Å². The zero-order chi connectivity index (χ0) is 16.3. The van der Waals surface area contributed by atoms with Gasteiger partial charge in [0, 0.05) is 11.7 Å². The Morgan fingerprint density at radius 2 is 1.90 bits per heavy atom. The summed E-state index contributed by atoms with van der Waals surface area (Å²) >= 11 is 0. The van der Waals surface area contributed by atoms with E-state index in [0.29, 0.717) is 5.69 Å². The lowest BCUT2D eigenvalue weighted by atomic mass is 9.74. The van der Waals surface area contributed by atoms with Gasteiger partial charge in [-0.15, -0.1) is 0 Å². The number of nitrogens with two attached hydrogens (primary N) is 2. The van der Waals surface area contributed by atoms with Crippen molar-refractivity contribution in [3.05, 3.63) is 53.6 Å². The molecule has 2 nitrogen and oxygen atoms in total. The van der Waals surface area contributed by atoms with E-state index in [-0.39, 0.29) is 17.2 Å². The van der Waals surface area contributed by atoms with Gasteiger partial charge in [-0.3, -0.25) is 0 Å². The molecule has 0 saturated heterocycles. The summed E-state index contributed by atoms with van der Waals surface area (Å²) in [6, 6.07) is 5.56. The van der Waals surface area contributed by atoms with Crippen LogP contribution in [0.2, 0.25) is 0 Å². The van der Waals surface area contributed by atoms with Crippen LogP contribution in [0, 0.1) is 0 Å². The van der Waals surface area contributed by atoms with Crippen molar-refractivity contribution in [2.45, 2.75) is 38.4 Å². The van der Waals surface area contributed by atoms with Gasteiger partial charge in [0.1, 0.15) is 5.41 Å². The van der Waals surface area contributed by atoms with Crippen LogP contribution >= 0.6 is 0 Å². The Morgan fingerprint density at radius 1 is 1.29 bits per heavy atom. The quantitative estimate of drug-likeness (QED) is 0.653. The van der Waals surface area contributed by atoms with Crippen LogP contribution < -0.4 is 11.5 Å². The fraction of sp³-hybridized carbons (Fsp3) is 0.375. The Hall–Kier alpha value is -1.75. The second kappa shape index (κ2) is 6.35. The van der Waals surface area contributed by atoms with Crippen LogP contribution in [-0.2, 0) is 5.41 Å². The summed E-state index contributed by atoms with van der Waals surface area (Å²) < 4.78 is 41.2. The number of benzene rings is 1. The first-order chi connectivity index (χ1) is 9.62. The number of alkyl halides is 3. The standard InChI is InChI=1S/C16H21F3N2/c1-4-12(9-8-11(2)20)15(3,16(17,18)19)13-6-5-7-14(21)10-13/h4-11H,20-21H2,1-3H3/b9-8-,12-4+. The molecule has 0 aliphatic heterocycles. The van der Waals surface area contributed by atoms with Gasteiger partial charge in [-0.2, -0.15) is 13.2 Å². The van der Waals surface area contributed by atoms with Crippen molar-refractivity contribution < 1.29 is 13.2 Å². The van der Waals surface area contributed by atoms with E-state index in [2.05, 4.69) is 0 Å². The highest BCUT2D eigenvalue weighted by atomic mass is 19.4. The third kappa shape index (κ3) is 3.67. The summed E-state index contributed by atoms with van der Waals surface area (Å²) in [6.07, 6.45) is -0.0205. The van der Waals surface area contributed by atoms with Crippen molar-refractivity contribution in [2.24, 2.45) is 5.73 Å². The fourth-order valence-corrected chi connectivity index (χ4v) is 2.15. The molecule has 0 radical (unpaired) electrons. The molecule has 0 spiro atoms. The molecule has 0 bridgehead atoms. The Bertz CT molecular complexity index is 545. The molecule has 0 aliphatic rings. The maximum atomic E-state index is 13.7. The van der Waals surface area contributed by atoms with Gasteiger partial charge in [0.2, 0.25) is 0 Å². The molecule has 1 aromatic rings. The minimum atomic E-state index is -4.45. The second-order valence-electron chi connectivity index (χ2n) is 5.21. The smallest absolute Gasteiger partial charge is 0.399 e. The van der Waals surface area contributed by atoms with Gasteiger partial charge < -0.3 is 11.5 Å². The maximum absolute atomic E-state index is 13.7. The highest BCUT2D eigenvalue weighted by molar-refractivity contribution is 5.49. The van der Waals surface area contributed by atoms with Gasteiger partial charge in [-0.05, 0) is 44.0 Å². The molecule has 2 atom stereocenters. The summed E-state index contributed by atoms with van der Waals surface area (Å²) in [7, 11) is 0. The number of rotatable bonds is 4. The van der Waals surface area contributed by atoms with Gasteiger partial charge in [-0.1, -0.05) is 30.4 Å². The summed E-state index contributed by atoms with van der Waals surface area (Å²) in [5.41, 5.74) is 9.64. The van der Waals surface area contributed by atoms with Gasteiger partial charge >= 0.3 is 6.18 Å². The molecule has 116 valence electrons. The Labute approximate surface area is 123 Å². The molecule has 21 heavy (non-hydrogen) atoms. The largest absolute Gasteiger partial charge is 0.402 e. The SMILES string of the molecule is C/C=C(\C=C/C(C)N)C(C)(c1cccc(N)c1)C(F)(F)F.